The van der Waals surface area contributed by atoms with E-state index in [1.165, 1.54) is 0 Å². The molecule has 0 unspecified atom stereocenters. The van der Waals surface area contributed by atoms with Gasteiger partial charge in [-0.25, -0.2) is 0 Å². The number of rotatable bonds is 2. The van der Waals surface area contributed by atoms with Crippen LogP contribution in [-0.4, -0.2) is 22.3 Å². The zero-order valence-corrected chi connectivity index (χ0v) is 9.68. The van der Waals surface area contributed by atoms with Gasteiger partial charge in [0.05, 0.1) is 10.9 Å². The third-order valence-corrected chi connectivity index (χ3v) is 1.70. The second-order valence-electron chi connectivity index (χ2n) is 2.71. The van der Waals surface area contributed by atoms with Crippen molar-refractivity contribution in [3.05, 3.63) is 38.9 Å². The number of hydrogen-bond acceptors (Lipinski definition) is 4. The third kappa shape index (κ3) is 6.25. The highest BCUT2D eigenvalue weighted by molar-refractivity contribution is 6.32. The normalized spacial score (nSPS) is 8.28. The smallest absolute Gasteiger partial charge is 0.336 e. The number of hydrogen-bond donors (Lipinski definition) is 3. The molecule has 0 saturated carbocycles. The SMILES string of the molecule is NC(N)=[NH2+].O.O=C([O-])c1ccc(Cl)c([N+](=O)[O-])c1. The van der Waals surface area contributed by atoms with Crippen LogP contribution in [0.5, 0.6) is 0 Å². The van der Waals surface area contributed by atoms with Crippen LogP contribution in [0.1, 0.15) is 10.4 Å². The molecule has 100 valence electrons. The number of nitro benzene ring substituents is 1. The standard InChI is InChI=1S/C7H4ClNO4.CH5N3.H2O/c8-5-2-1-4(7(10)11)3-6(5)9(12)13;2-1(3)4;/h1-3H,(H,10,11);(H5,2,3,4);1H2. The topological polar surface area (TPSA) is 192 Å². The molecule has 0 aliphatic carbocycles. The number of benzene rings is 1. The van der Waals surface area contributed by atoms with E-state index in [4.69, 9.17) is 11.6 Å². The van der Waals surface area contributed by atoms with Crippen molar-refractivity contribution in [3.63, 3.8) is 0 Å². The summed E-state index contributed by atoms with van der Waals surface area (Å²) in [6.07, 6.45) is 0. The minimum Gasteiger partial charge on any atom is -0.545 e. The Morgan fingerprint density at radius 1 is 1.39 bits per heavy atom. The van der Waals surface area contributed by atoms with Gasteiger partial charge in [0.1, 0.15) is 5.02 Å². The van der Waals surface area contributed by atoms with Crippen LogP contribution < -0.4 is 22.0 Å². The van der Waals surface area contributed by atoms with Crippen LogP contribution in [0.4, 0.5) is 5.69 Å². The Kier molecular flexibility index (Phi) is 7.81. The lowest BCUT2D eigenvalue weighted by atomic mass is 10.2. The number of aromatic carboxylic acids is 1. The first-order valence-corrected chi connectivity index (χ1v) is 4.42. The summed E-state index contributed by atoms with van der Waals surface area (Å²) < 4.78 is 0. The second kappa shape index (κ2) is 7.81. The maximum atomic E-state index is 10.3. The molecule has 0 aliphatic heterocycles. The van der Waals surface area contributed by atoms with Crippen molar-refractivity contribution in [2.24, 2.45) is 11.5 Å². The van der Waals surface area contributed by atoms with Crippen molar-refractivity contribution in [1.82, 2.24) is 0 Å². The fraction of sp³-hybridized carbons (Fsp3) is 0. The van der Waals surface area contributed by atoms with Crippen molar-refractivity contribution in [3.8, 4) is 0 Å². The molecule has 1 rings (SSSR count). The van der Waals surface area contributed by atoms with Crippen LogP contribution in [0.3, 0.4) is 0 Å². The monoisotopic (exact) mass is 278 g/mol. The van der Waals surface area contributed by atoms with Gasteiger partial charge >= 0.3 is 5.96 Å². The molecular formula is C8H11ClN4O5. The van der Waals surface area contributed by atoms with Gasteiger partial charge in [-0.3, -0.25) is 27.0 Å². The van der Waals surface area contributed by atoms with E-state index in [1.807, 2.05) is 0 Å². The Balaban J connectivity index is 0. The molecule has 1 aromatic rings. The van der Waals surface area contributed by atoms with Gasteiger partial charge in [-0.1, -0.05) is 17.7 Å². The van der Waals surface area contributed by atoms with Crippen molar-refractivity contribution in [2.75, 3.05) is 0 Å². The van der Waals surface area contributed by atoms with Crippen molar-refractivity contribution >= 4 is 29.2 Å². The van der Waals surface area contributed by atoms with E-state index in [9.17, 15) is 20.0 Å². The lowest BCUT2D eigenvalue weighted by Gasteiger charge is -2.01. The molecule has 0 amide bonds. The van der Waals surface area contributed by atoms with Crippen LogP contribution in [0, 0.1) is 10.1 Å². The number of carboxylic acid groups (broad SMARTS) is 1. The molecule has 18 heavy (non-hydrogen) atoms. The number of carbonyl (C=O) groups is 1. The van der Waals surface area contributed by atoms with E-state index >= 15 is 0 Å². The number of halogens is 1. The Bertz CT molecular complexity index is 461. The average molecular weight is 279 g/mol. The summed E-state index contributed by atoms with van der Waals surface area (Å²) in [4.78, 5) is 19.9. The molecule has 8 N–H and O–H groups in total. The summed E-state index contributed by atoms with van der Waals surface area (Å²) in [6, 6.07) is 3.15. The zero-order valence-electron chi connectivity index (χ0n) is 8.92. The van der Waals surface area contributed by atoms with Gasteiger partial charge in [0.25, 0.3) is 5.69 Å². The molecule has 10 heteroatoms. The molecule has 0 bridgehead atoms. The molecule has 0 atom stereocenters. The number of nitrogens with two attached hydrogens (primary N) is 3. The summed E-state index contributed by atoms with van der Waals surface area (Å²) in [6.45, 7) is 0. The first-order chi connectivity index (χ1) is 7.75. The minimum absolute atomic E-state index is 0. The highest BCUT2D eigenvalue weighted by atomic mass is 35.5. The Labute approximate surface area is 106 Å². The molecule has 0 radical (unpaired) electrons. The van der Waals surface area contributed by atoms with E-state index in [0.29, 0.717) is 0 Å². The highest BCUT2D eigenvalue weighted by Crippen LogP contribution is 2.24. The van der Waals surface area contributed by atoms with Crippen LogP contribution in [0.15, 0.2) is 18.2 Å². The van der Waals surface area contributed by atoms with Crippen LogP contribution >= 0.6 is 11.6 Å². The largest absolute Gasteiger partial charge is 0.545 e. The summed E-state index contributed by atoms with van der Waals surface area (Å²) in [5.74, 6) is -1.56. The van der Waals surface area contributed by atoms with Crippen molar-refractivity contribution in [2.45, 2.75) is 0 Å². The molecule has 0 spiro atoms. The Hall–Kier alpha value is -2.39. The lowest BCUT2D eigenvalue weighted by Crippen LogP contribution is -2.51. The Morgan fingerprint density at radius 3 is 2.17 bits per heavy atom. The number of carbonyl (C=O) groups excluding carboxylic acids is 1. The second-order valence-corrected chi connectivity index (χ2v) is 3.12. The lowest BCUT2D eigenvalue weighted by molar-refractivity contribution is -0.384. The van der Waals surface area contributed by atoms with Crippen molar-refractivity contribution < 1.29 is 25.7 Å². The summed E-state index contributed by atoms with van der Waals surface area (Å²) in [7, 11) is 0. The maximum Gasteiger partial charge on any atom is 0.336 e. The van der Waals surface area contributed by atoms with E-state index in [2.05, 4.69) is 16.9 Å². The van der Waals surface area contributed by atoms with Crippen molar-refractivity contribution in [1.29, 1.82) is 0 Å². The number of nitrogens with zero attached hydrogens (tertiary/aromatic N) is 1. The molecule has 0 aliphatic rings. The molecule has 0 saturated heterocycles. The van der Waals surface area contributed by atoms with E-state index < -0.39 is 16.6 Å². The summed E-state index contributed by atoms with van der Waals surface area (Å²) in [5.41, 5.74) is 8.46. The quantitative estimate of drug-likeness (QED) is 0.220. The molecule has 0 fully saturated rings. The fourth-order valence-corrected chi connectivity index (χ4v) is 0.966. The fourth-order valence-electron chi connectivity index (χ4n) is 0.780. The van der Waals surface area contributed by atoms with E-state index in [1.54, 1.807) is 0 Å². The predicted octanol–water partition coefficient (Wildman–Crippen LogP) is -3.19. The maximum absolute atomic E-state index is 10.3. The molecular weight excluding hydrogens is 268 g/mol. The van der Waals surface area contributed by atoms with Gasteiger partial charge in [0, 0.05) is 11.6 Å². The van der Waals surface area contributed by atoms with Crippen LogP contribution in [0.25, 0.3) is 0 Å². The van der Waals surface area contributed by atoms with Gasteiger partial charge < -0.3 is 15.4 Å². The van der Waals surface area contributed by atoms with Gasteiger partial charge in [-0.15, -0.1) is 0 Å². The summed E-state index contributed by atoms with van der Waals surface area (Å²) in [5, 5.41) is 25.1. The van der Waals surface area contributed by atoms with Gasteiger partial charge in [0.15, 0.2) is 0 Å². The number of carboxylic acids is 1. The average Bonchev–Trinajstić information content (AvgIpc) is 2.16. The zero-order chi connectivity index (χ0) is 13.6. The van der Waals surface area contributed by atoms with Gasteiger partial charge in [0.2, 0.25) is 0 Å². The van der Waals surface area contributed by atoms with E-state index in [0.717, 1.165) is 18.2 Å². The van der Waals surface area contributed by atoms with Gasteiger partial charge in [-0.05, 0) is 6.07 Å². The minimum atomic E-state index is -1.47. The first kappa shape index (κ1) is 18.0. The van der Waals surface area contributed by atoms with Gasteiger partial charge in [-0.2, -0.15) is 0 Å². The first-order valence-electron chi connectivity index (χ1n) is 4.04. The highest BCUT2D eigenvalue weighted by Gasteiger charge is 2.12. The predicted molar refractivity (Wildman–Crippen MR) is 61.4 cm³/mol. The molecule has 9 nitrogen and oxygen atoms in total. The molecule has 0 heterocycles. The summed E-state index contributed by atoms with van der Waals surface area (Å²) >= 11 is 5.44. The van der Waals surface area contributed by atoms with Crippen LogP contribution in [-0.2, 0) is 0 Å². The Morgan fingerprint density at radius 2 is 1.83 bits per heavy atom. The molecule has 1 aromatic carbocycles. The number of guanidine groups is 1. The van der Waals surface area contributed by atoms with Crippen LogP contribution in [0.2, 0.25) is 5.02 Å². The third-order valence-electron chi connectivity index (χ3n) is 1.38. The van der Waals surface area contributed by atoms with E-state index in [-0.39, 0.29) is 22.0 Å². The molecule has 0 aromatic heterocycles. The number of nitro groups is 1.